The highest BCUT2D eigenvalue weighted by atomic mass is 16.7. The molecule has 0 spiro atoms. The molecule has 4 nitrogen and oxygen atoms in total. The summed E-state index contributed by atoms with van der Waals surface area (Å²) in [5.41, 5.74) is 0.876. The number of hydrogen-bond donors (Lipinski definition) is 0. The molecule has 0 radical (unpaired) electrons. The minimum Gasteiger partial charge on any atom is -0.399 e. The first-order chi connectivity index (χ1) is 11.2. The third-order valence-electron chi connectivity index (χ3n) is 5.60. The van der Waals surface area contributed by atoms with Gasteiger partial charge in [-0.25, -0.2) is 0 Å². The van der Waals surface area contributed by atoms with Crippen LogP contribution in [0, 0.1) is 5.92 Å². The smallest absolute Gasteiger partial charge is 0.399 e. The molecule has 1 aromatic carbocycles. The van der Waals surface area contributed by atoms with E-state index in [4.69, 9.17) is 9.31 Å². The lowest BCUT2D eigenvalue weighted by Crippen LogP contribution is -2.41. The number of amides is 1. The molecular weight excluding hydrogens is 301 g/mol. The number of hydrogen-bond acceptors (Lipinski definition) is 3. The monoisotopic (exact) mass is 329 g/mol. The van der Waals surface area contributed by atoms with Gasteiger partial charge in [0.1, 0.15) is 0 Å². The maximum atomic E-state index is 12.8. The summed E-state index contributed by atoms with van der Waals surface area (Å²) < 4.78 is 12.2. The van der Waals surface area contributed by atoms with Gasteiger partial charge in [-0.1, -0.05) is 19.1 Å². The molecule has 2 heterocycles. The number of likely N-dealkylation sites (tertiary alicyclic amines) is 1. The first-order valence-corrected chi connectivity index (χ1v) is 8.94. The molecule has 24 heavy (non-hydrogen) atoms. The van der Waals surface area contributed by atoms with Crippen LogP contribution in [0.15, 0.2) is 24.3 Å². The van der Waals surface area contributed by atoms with Crippen molar-refractivity contribution in [3.05, 3.63) is 29.8 Å². The maximum Gasteiger partial charge on any atom is 0.494 e. The van der Waals surface area contributed by atoms with Gasteiger partial charge in [0, 0.05) is 18.7 Å². The lowest BCUT2D eigenvalue weighted by molar-refractivity contribution is 0.00578. The zero-order chi connectivity index (χ0) is 17.5. The predicted molar refractivity (Wildman–Crippen MR) is 96.5 cm³/mol. The van der Waals surface area contributed by atoms with E-state index in [2.05, 4.69) is 6.92 Å². The van der Waals surface area contributed by atoms with Gasteiger partial charge >= 0.3 is 7.12 Å². The predicted octanol–water partition coefficient (Wildman–Crippen LogP) is 2.86. The van der Waals surface area contributed by atoms with Crippen LogP contribution < -0.4 is 5.46 Å². The summed E-state index contributed by atoms with van der Waals surface area (Å²) in [4.78, 5) is 14.8. The van der Waals surface area contributed by atoms with Crippen LogP contribution in [0.3, 0.4) is 0 Å². The first kappa shape index (κ1) is 17.5. The summed E-state index contributed by atoms with van der Waals surface area (Å²) in [6, 6.07) is 7.69. The molecule has 0 saturated carbocycles. The van der Waals surface area contributed by atoms with Gasteiger partial charge in [0.2, 0.25) is 0 Å². The van der Waals surface area contributed by atoms with Crippen molar-refractivity contribution in [3.8, 4) is 0 Å². The van der Waals surface area contributed by atoms with Crippen LogP contribution in [0.1, 0.15) is 57.8 Å². The second-order valence-electron chi connectivity index (χ2n) is 8.21. The average molecular weight is 329 g/mol. The Hall–Kier alpha value is -1.33. The molecule has 2 aliphatic heterocycles. The summed E-state index contributed by atoms with van der Waals surface area (Å²) in [6.07, 6.45) is 2.29. The zero-order valence-electron chi connectivity index (χ0n) is 15.5. The van der Waals surface area contributed by atoms with Crippen molar-refractivity contribution in [1.29, 1.82) is 0 Å². The molecule has 0 bridgehead atoms. The number of carbonyl (C=O) groups is 1. The van der Waals surface area contributed by atoms with E-state index in [0.29, 0.717) is 5.92 Å². The van der Waals surface area contributed by atoms with Crippen molar-refractivity contribution >= 4 is 18.5 Å². The molecule has 2 fully saturated rings. The Bertz CT molecular complexity index is 613. The van der Waals surface area contributed by atoms with Crippen molar-refractivity contribution < 1.29 is 14.1 Å². The largest absolute Gasteiger partial charge is 0.494 e. The van der Waals surface area contributed by atoms with Crippen molar-refractivity contribution in [2.24, 2.45) is 5.92 Å². The fourth-order valence-electron chi connectivity index (χ4n) is 3.35. The van der Waals surface area contributed by atoms with Gasteiger partial charge in [-0.2, -0.15) is 0 Å². The molecule has 5 heteroatoms. The van der Waals surface area contributed by atoms with Gasteiger partial charge in [-0.05, 0) is 64.1 Å². The zero-order valence-corrected chi connectivity index (χ0v) is 15.5. The highest BCUT2D eigenvalue weighted by Gasteiger charge is 2.51. The molecule has 1 unspecified atom stereocenters. The molecule has 3 rings (SSSR count). The molecule has 2 saturated heterocycles. The van der Waals surface area contributed by atoms with Crippen LogP contribution in [0.5, 0.6) is 0 Å². The van der Waals surface area contributed by atoms with Gasteiger partial charge < -0.3 is 14.2 Å². The van der Waals surface area contributed by atoms with Crippen molar-refractivity contribution in [3.63, 3.8) is 0 Å². The molecule has 130 valence electrons. The minimum atomic E-state index is -0.428. The summed E-state index contributed by atoms with van der Waals surface area (Å²) in [6.45, 7) is 12.1. The summed E-state index contributed by atoms with van der Waals surface area (Å²) in [5, 5.41) is 0. The Kier molecular flexibility index (Phi) is 4.52. The third-order valence-corrected chi connectivity index (χ3v) is 5.60. The fraction of sp³-hybridized carbons (Fsp3) is 0.632. The number of carbonyl (C=O) groups excluding carboxylic acids is 1. The lowest BCUT2D eigenvalue weighted by Gasteiger charge is -2.32. The molecule has 2 aliphatic rings. The Morgan fingerprint density at radius 3 is 2.50 bits per heavy atom. The second kappa shape index (κ2) is 6.19. The topological polar surface area (TPSA) is 38.8 Å². The Morgan fingerprint density at radius 2 is 1.88 bits per heavy atom. The van der Waals surface area contributed by atoms with Crippen LogP contribution in [-0.2, 0) is 9.31 Å². The molecule has 0 aliphatic carbocycles. The molecule has 1 atom stereocenters. The van der Waals surface area contributed by atoms with Crippen molar-refractivity contribution in [2.75, 3.05) is 13.1 Å². The maximum absolute atomic E-state index is 12.8. The molecule has 1 aromatic rings. The van der Waals surface area contributed by atoms with E-state index in [1.807, 2.05) is 56.9 Å². The second-order valence-corrected chi connectivity index (χ2v) is 8.21. The van der Waals surface area contributed by atoms with Crippen LogP contribution in [0.4, 0.5) is 0 Å². The van der Waals surface area contributed by atoms with Crippen LogP contribution in [-0.4, -0.2) is 42.2 Å². The SMILES string of the molecule is CC1CCCN(C(=O)c2cccc(B3OC(C)(C)C(C)(C)O3)c2)C1. The van der Waals surface area contributed by atoms with E-state index in [0.717, 1.165) is 30.5 Å². The molecular formula is C19H28BNO3. The highest BCUT2D eigenvalue weighted by Crippen LogP contribution is 2.36. The standard InChI is InChI=1S/C19H28BNO3/c1-14-8-7-11-21(13-14)17(22)15-9-6-10-16(12-15)20-23-18(2,3)19(4,5)24-20/h6,9-10,12,14H,7-8,11,13H2,1-5H3. The summed E-state index contributed by atoms with van der Waals surface area (Å²) >= 11 is 0. The minimum absolute atomic E-state index is 0.111. The van der Waals surface area contributed by atoms with E-state index in [1.165, 1.54) is 6.42 Å². The third kappa shape index (κ3) is 3.24. The first-order valence-electron chi connectivity index (χ1n) is 8.94. The van der Waals surface area contributed by atoms with Crippen molar-refractivity contribution in [1.82, 2.24) is 4.90 Å². The van der Waals surface area contributed by atoms with E-state index in [1.54, 1.807) is 0 Å². The highest BCUT2D eigenvalue weighted by molar-refractivity contribution is 6.62. The van der Waals surface area contributed by atoms with Crippen molar-refractivity contribution in [2.45, 2.75) is 58.7 Å². The van der Waals surface area contributed by atoms with Crippen LogP contribution >= 0.6 is 0 Å². The van der Waals surface area contributed by atoms with Crippen LogP contribution in [0.2, 0.25) is 0 Å². The summed E-state index contributed by atoms with van der Waals surface area (Å²) in [7, 11) is -0.428. The molecule has 0 aromatic heterocycles. The van der Waals surface area contributed by atoms with Gasteiger partial charge in [0.15, 0.2) is 0 Å². The number of nitrogens with zero attached hydrogens (tertiary/aromatic N) is 1. The molecule has 1 amide bonds. The van der Waals surface area contributed by atoms with Gasteiger partial charge in [-0.15, -0.1) is 0 Å². The van der Waals surface area contributed by atoms with Gasteiger partial charge in [-0.3, -0.25) is 4.79 Å². The van der Waals surface area contributed by atoms with E-state index in [9.17, 15) is 4.79 Å². The lowest BCUT2D eigenvalue weighted by atomic mass is 9.78. The number of rotatable bonds is 2. The van der Waals surface area contributed by atoms with Crippen LogP contribution in [0.25, 0.3) is 0 Å². The molecule has 0 N–H and O–H groups in total. The quantitative estimate of drug-likeness (QED) is 0.783. The number of benzene rings is 1. The summed E-state index contributed by atoms with van der Waals surface area (Å²) in [5.74, 6) is 0.689. The van der Waals surface area contributed by atoms with Gasteiger partial charge in [0.05, 0.1) is 11.2 Å². The number of piperidine rings is 1. The van der Waals surface area contributed by atoms with E-state index < -0.39 is 7.12 Å². The Labute approximate surface area is 145 Å². The fourth-order valence-corrected chi connectivity index (χ4v) is 3.35. The van der Waals surface area contributed by atoms with E-state index in [-0.39, 0.29) is 17.1 Å². The Morgan fingerprint density at radius 1 is 1.21 bits per heavy atom. The van der Waals surface area contributed by atoms with Gasteiger partial charge in [0.25, 0.3) is 5.91 Å². The average Bonchev–Trinajstić information content (AvgIpc) is 2.75. The van der Waals surface area contributed by atoms with E-state index >= 15 is 0 Å². The Balaban J connectivity index is 1.79. The normalized spacial score (nSPS) is 25.8.